The summed E-state index contributed by atoms with van der Waals surface area (Å²) in [5.41, 5.74) is 0. The lowest BCUT2D eigenvalue weighted by molar-refractivity contribution is -0.127. The Hall–Kier alpha value is -0.650. The zero-order valence-electron chi connectivity index (χ0n) is 10.4. The zero-order chi connectivity index (χ0) is 12.1. The number of aliphatic hydroxyl groups is 1. The van der Waals surface area contributed by atoms with Crippen LogP contribution < -0.4 is 5.32 Å². The minimum atomic E-state index is -0.391. The first-order valence-corrected chi connectivity index (χ1v) is 5.85. The molecule has 0 aromatic rings. The fraction of sp³-hybridized carbons (Fsp3) is 0.909. The number of likely N-dealkylation sites (N-methyl/N-ethyl adjacent to an activating group) is 1. The van der Waals surface area contributed by atoms with Crippen molar-refractivity contribution in [1.29, 1.82) is 0 Å². The minimum Gasteiger partial charge on any atom is -0.394 e. The Morgan fingerprint density at radius 1 is 1.56 bits per heavy atom. The minimum absolute atomic E-state index is 0.0504. The summed E-state index contributed by atoms with van der Waals surface area (Å²) in [6.45, 7) is 4.41. The molecule has 0 aromatic carbocycles. The maximum Gasteiger partial charge on any atom is 0.239 e. The van der Waals surface area contributed by atoms with E-state index in [1.807, 2.05) is 14.1 Å². The highest BCUT2D eigenvalue weighted by atomic mass is 16.3. The smallest absolute Gasteiger partial charge is 0.239 e. The van der Waals surface area contributed by atoms with Crippen LogP contribution >= 0.6 is 0 Å². The number of nitrogens with zero attached hydrogens (tertiary/aromatic N) is 2. The molecule has 0 bridgehead atoms. The molecule has 5 nitrogen and oxygen atoms in total. The van der Waals surface area contributed by atoms with Crippen molar-refractivity contribution in [3.05, 3.63) is 0 Å². The van der Waals surface area contributed by atoms with E-state index in [9.17, 15) is 9.90 Å². The summed E-state index contributed by atoms with van der Waals surface area (Å²) in [4.78, 5) is 15.9. The highest BCUT2D eigenvalue weighted by Crippen LogP contribution is 2.12. The standard InChI is InChI=1S/C11H23N3O2/c1-9-4-5-12-11(16)10(8-15)14(9)7-6-13(2)3/h9-10,15H,4-8H2,1-3H3,(H,12,16). The Kier molecular flexibility index (Phi) is 5.18. The molecule has 1 aliphatic heterocycles. The van der Waals surface area contributed by atoms with Crippen molar-refractivity contribution >= 4 is 5.91 Å². The lowest BCUT2D eigenvalue weighted by Gasteiger charge is -2.32. The summed E-state index contributed by atoms with van der Waals surface area (Å²) < 4.78 is 0. The van der Waals surface area contributed by atoms with Crippen molar-refractivity contribution < 1.29 is 9.90 Å². The van der Waals surface area contributed by atoms with E-state index in [1.165, 1.54) is 0 Å². The monoisotopic (exact) mass is 229 g/mol. The quantitative estimate of drug-likeness (QED) is 0.657. The molecule has 1 fully saturated rings. The summed E-state index contributed by atoms with van der Waals surface area (Å²) in [6, 6.07) is -0.0616. The molecule has 1 aliphatic rings. The summed E-state index contributed by atoms with van der Waals surface area (Å²) >= 11 is 0. The Balaban J connectivity index is 2.67. The number of hydrogen-bond donors (Lipinski definition) is 2. The van der Waals surface area contributed by atoms with Crippen molar-refractivity contribution in [3.8, 4) is 0 Å². The lowest BCUT2D eigenvalue weighted by Crippen LogP contribution is -2.51. The third-order valence-corrected chi connectivity index (χ3v) is 3.11. The Labute approximate surface area is 97.4 Å². The molecule has 0 aliphatic carbocycles. The lowest BCUT2D eigenvalue weighted by atomic mass is 10.1. The third kappa shape index (κ3) is 3.43. The molecule has 16 heavy (non-hydrogen) atoms. The van der Waals surface area contributed by atoms with Gasteiger partial charge in [-0.2, -0.15) is 0 Å². The van der Waals surface area contributed by atoms with Gasteiger partial charge >= 0.3 is 0 Å². The second-order valence-corrected chi connectivity index (χ2v) is 4.67. The van der Waals surface area contributed by atoms with E-state index in [4.69, 9.17) is 0 Å². The first-order valence-electron chi connectivity index (χ1n) is 5.85. The largest absolute Gasteiger partial charge is 0.394 e. The van der Waals surface area contributed by atoms with Crippen molar-refractivity contribution in [2.75, 3.05) is 40.3 Å². The molecule has 0 saturated carbocycles. The molecule has 0 spiro atoms. The van der Waals surface area contributed by atoms with E-state index in [0.717, 1.165) is 19.5 Å². The first kappa shape index (κ1) is 13.4. The van der Waals surface area contributed by atoms with Gasteiger partial charge in [0, 0.05) is 25.7 Å². The van der Waals surface area contributed by atoms with E-state index in [1.54, 1.807) is 0 Å². The van der Waals surface area contributed by atoms with Crippen LogP contribution in [0.15, 0.2) is 0 Å². The van der Waals surface area contributed by atoms with Crippen molar-refractivity contribution in [1.82, 2.24) is 15.1 Å². The summed E-state index contributed by atoms with van der Waals surface area (Å²) in [5, 5.41) is 12.2. The average molecular weight is 229 g/mol. The van der Waals surface area contributed by atoms with Gasteiger partial charge in [-0.3, -0.25) is 9.69 Å². The Morgan fingerprint density at radius 3 is 2.81 bits per heavy atom. The molecule has 1 amide bonds. The Bertz CT molecular complexity index is 233. The number of carbonyl (C=O) groups excluding carboxylic acids is 1. The second-order valence-electron chi connectivity index (χ2n) is 4.67. The molecule has 1 heterocycles. The van der Waals surface area contributed by atoms with E-state index >= 15 is 0 Å². The molecule has 94 valence electrons. The molecule has 2 atom stereocenters. The van der Waals surface area contributed by atoms with Gasteiger partial charge in [-0.1, -0.05) is 0 Å². The second kappa shape index (κ2) is 6.18. The van der Waals surface area contributed by atoms with Crippen molar-refractivity contribution in [2.45, 2.75) is 25.4 Å². The van der Waals surface area contributed by atoms with Gasteiger partial charge in [0.2, 0.25) is 5.91 Å². The van der Waals surface area contributed by atoms with Crippen LogP contribution in [-0.2, 0) is 4.79 Å². The first-order chi connectivity index (χ1) is 7.56. The number of carbonyl (C=O) groups is 1. The number of nitrogens with one attached hydrogen (secondary N) is 1. The normalized spacial score (nSPS) is 27.9. The molecule has 2 N–H and O–H groups in total. The highest BCUT2D eigenvalue weighted by Gasteiger charge is 2.31. The van der Waals surface area contributed by atoms with Crippen molar-refractivity contribution in [2.24, 2.45) is 0 Å². The maximum absolute atomic E-state index is 11.7. The van der Waals surface area contributed by atoms with Gasteiger partial charge in [0.1, 0.15) is 6.04 Å². The van der Waals surface area contributed by atoms with Crippen LogP contribution in [0.3, 0.4) is 0 Å². The van der Waals surface area contributed by atoms with Crippen LogP contribution in [0.4, 0.5) is 0 Å². The fourth-order valence-corrected chi connectivity index (χ4v) is 2.03. The number of hydrogen-bond acceptors (Lipinski definition) is 4. The van der Waals surface area contributed by atoms with Gasteiger partial charge < -0.3 is 15.3 Å². The third-order valence-electron chi connectivity index (χ3n) is 3.11. The number of aliphatic hydroxyl groups excluding tert-OH is 1. The Morgan fingerprint density at radius 2 is 2.25 bits per heavy atom. The van der Waals surface area contributed by atoms with Gasteiger partial charge in [-0.15, -0.1) is 0 Å². The molecule has 1 saturated heterocycles. The van der Waals surface area contributed by atoms with Crippen LogP contribution in [0, 0.1) is 0 Å². The highest BCUT2D eigenvalue weighted by molar-refractivity contribution is 5.82. The molecular formula is C11H23N3O2. The fourth-order valence-electron chi connectivity index (χ4n) is 2.03. The van der Waals surface area contributed by atoms with E-state index in [2.05, 4.69) is 22.0 Å². The SMILES string of the molecule is CC1CCNC(=O)C(CO)N1CCN(C)C. The van der Waals surface area contributed by atoms with E-state index in [0.29, 0.717) is 12.6 Å². The van der Waals surface area contributed by atoms with Crippen LogP contribution in [0.25, 0.3) is 0 Å². The van der Waals surface area contributed by atoms with E-state index in [-0.39, 0.29) is 12.5 Å². The average Bonchev–Trinajstić information content (AvgIpc) is 2.35. The molecular weight excluding hydrogens is 206 g/mol. The molecule has 1 rings (SSSR count). The van der Waals surface area contributed by atoms with Crippen molar-refractivity contribution in [3.63, 3.8) is 0 Å². The van der Waals surface area contributed by atoms with Gasteiger partial charge in [-0.05, 0) is 27.4 Å². The summed E-state index contributed by atoms with van der Waals surface area (Å²) in [5.74, 6) is -0.0504. The predicted molar refractivity (Wildman–Crippen MR) is 63.2 cm³/mol. The van der Waals surface area contributed by atoms with Crippen LogP contribution in [0.2, 0.25) is 0 Å². The van der Waals surface area contributed by atoms with E-state index < -0.39 is 6.04 Å². The molecule has 2 unspecified atom stereocenters. The topological polar surface area (TPSA) is 55.8 Å². The summed E-state index contributed by atoms with van der Waals surface area (Å²) in [7, 11) is 4.02. The van der Waals surface area contributed by atoms with Gasteiger partial charge in [0.05, 0.1) is 6.61 Å². The molecule has 0 radical (unpaired) electrons. The predicted octanol–water partition coefficient (Wildman–Crippen LogP) is -0.881. The summed E-state index contributed by atoms with van der Waals surface area (Å²) in [6.07, 6.45) is 0.940. The number of rotatable bonds is 4. The van der Waals surface area contributed by atoms with Gasteiger partial charge in [-0.25, -0.2) is 0 Å². The number of amides is 1. The van der Waals surface area contributed by atoms with Crippen LogP contribution in [0.5, 0.6) is 0 Å². The van der Waals surface area contributed by atoms with Crippen LogP contribution in [0.1, 0.15) is 13.3 Å². The molecule has 0 aromatic heterocycles. The molecule has 5 heteroatoms. The van der Waals surface area contributed by atoms with Gasteiger partial charge in [0.25, 0.3) is 0 Å². The maximum atomic E-state index is 11.7. The van der Waals surface area contributed by atoms with Gasteiger partial charge in [0.15, 0.2) is 0 Å². The zero-order valence-corrected chi connectivity index (χ0v) is 10.4. The van der Waals surface area contributed by atoms with Crippen LogP contribution in [-0.4, -0.2) is 73.2 Å².